The Labute approximate surface area is 73.4 Å². The lowest BCUT2D eigenvalue weighted by molar-refractivity contribution is -0.132. The number of amides is 1. The molecule has 0 aromatic carbocycles. The average molecular weight is 171 g/mol. The topological polar surface area (TPSA) is 40.5 Å². The molecule has 0 saturated carbocycles. The summed E-state index contributed by atoms with van der Waals surface area (Å²) in [6.07, 6.45) is 0.762. The van der Waals surface area contributed by atoms with Gasteiger partial charge in [0, 0.05) is 12.1 Å². The van der Waals surface area contributed by atoms with E-state index in [0.29, 0.717) is 13.0 Å². The van der Waals surface area contributed by atoms with E-state index < -0.39 is 6.10 Å². The van der Waals surface area contributed by atoms with Gasteiger partial charge in [0.25, 0.3) is 0 Å². The molecule has 1 aliphatic heterocycles. The lowest BCUT2D eigenvalue weighted by Gasteiger charge is -2.34. The smallest absolute Gasteiger partial charge is 0.225 e. The minimum Gasteiger partial charge on any atom is -0.391 e. The number of hydrogen-bond donors (Lipinski definition) is 1. The van der Waals surface area contributed by atoms with Gasteiger partial charge in [-0.2, -0.15) is 0 Å². The number of aliphatic hydroxyl groups excluding tert-OH is 1. The van der Waals surface area contributed by atoms with Crippen molar-refractivity contribution < 1.29 is 9.90 Å². The molecule has 0 bridgehead atoms. The van der Waals surface area contributed by atoms with Crippen molar-refractivity contribution in [1.82, 2.24) is 4.90 Å². The zero-order valence-electron chi connectivity index (χ0n) is 8.00. The molecule has 0 radical (unpaired) electrons. The molecular weight excluding hydrogens is 154 g/mol. The van der Waals surface area contributed by atoms with Crippen LogP contribution in [0.3, 0.4) is 0 Å². The molecular formula is C9H17NO2. The van der Waals surface area contributed by atoms with Crippen LogP contribution in [0.2, 0.25) is 0 Å². The summed E-state index contributed by atoms with van der Waals surface area (Å²) in [4.78, 5) is 13.1. The molecule has 1 aliphatic rings. The third-order valence-corrected chi connectivity index (χ3v) is 2.70. The highest BCUT2D eigenvalue weighted by molar-refractivity contribution is 5.79. The van der Waals surface area contributed by atoms with Crippen LogP contribution in [0, 0.1) is 0 Å². The van der Waals surface area contributed by atoms with E-state index in [1.165, 1.54) is 0 Å². The summed E-state index contributed by atoms with van der Waals surface area (Å²) in [6.45, 7) is 6.61. The number of β-amino-alcohol motifs (C(OH)–C–C–N with tert-alkyl or cyclic N) is 1. The molecule has 1 fully saturated rings. The van der Waals surface area contributed by atoms with E-state index in [2.05, 4.69) is 6.92 Å². The van der Waals surface area contributed by atoms with Crippen molar-refractivity contribution in [3.63, 3.8) is 0 Å². The second-order valence-corrected chi connectivity index (χ2v) is 4.03. The first kappa shape index (κ1) is 9.52. The normalized spacial score (nSPS) is 25.2. The Balaban J connectivity index is 2.70. The van der Waals surface area contributed by atoms with E-state index in [0.717, 1.165) is 6.42 Å². The molecule has 0 spiro atoms. The first-order valence-electron chi connectivity index (χ1n) is 4.46. The molecule has 12 heavy (non-hydrogen) atoms. The second-order valence-electron chi connectivity index (χ2n) is 4.03. The zero-order chi connectivity index (χ0) is 9.35. The average Bonchev–Trinajstić information content (AvgIpc) is 2.31. The Morgan fingerprint density at radius 2 is 2.25 bits per heavy atom. The molecule has 1 rings (SSSR count). The number of rotatable bonds is 2. The van der Waals surface area contributed by atoms with E-state index in [4.69, 9.17) is 0 Å². The SMILES string of the molecule is CCC(C)(C)N1CC(O)CC1=O. The minimum absolute atomic E-state index is 0.0781. The van der Waals surface area contributed by atoms with Gasteiger partial charge in [-0.15, -0.1) is 0 Å². The predicted octanol–water partition coefficient (Wildman–Crippen LogP) is 0.768. The first-order chi connectivity index (χ1) is 5.47. The third-order valence-electron chi connectivity index (χ3n) is 2.70. The summed E-state index contributed by atoms with van der Waals surface area (Å²) in [5, 5.41) is 9.27. The van der Waals surface area contributed by atoms with Gasteiger partial charge in [-0.3, -0.25) is 4.79 Å². The van der Waals surface area contributed by atoms with Gasteiger partial charge in [0.1, 0.15) is 0 Å². The van der Waals surface area contributed by atoms with Gasteiger partial charge in [-0.1, -0.05) is 6.92 Å². The molecule has 0 aromatic rings. The molecule has 1 unspecified atom stereocenters. The maximum absolute atomic E-state index is 11.4. The Morgan fingerprint density at radius 1 is 1.67 bits per heavy atom. The Morgan fingerprint density at radius 3 is 2.58 bits per heavy atom. The van der Waals surface area contributed by atoms with Gasteiger partial charge < -0.3 is 10.0 Å². The quantitative estimate of drug-likeness (QED) is 0.666. The largest absolute Gasteiger partial charge is 0.391 e. The van der Waals surface area contributed by atoms with Gasteiger partial charge in [0.05, 0.1) is 12.5 Å². The van der Waals surface area contributed by atoms with Crippen LogP contribution in [-0.4, -0.2) is 34.1 Å². The molecule has 70 valence electrons. The zero-order valence-corrected chi connectivity index (χ0v) is 8.00. The Kier molecular flexibility index (Phi) is 2.42. The highest BCUT2D eigenvalue weighted by Gasteiger charge is 2.36. The Hall–Kier alpha value is -0.570. The van der Waals surface area contributed by atoms with Crippen molar-refractivity contribution in [3.05, 3.63) is 0 Å². The molecule has 1 amide bonds. The van der Waals surface area contributed by atoms with E-state index in [-0.39, 0.29) is 11.4 Å². The summed E-state index contributed by atoms with van der Waals surface area (Å²) < 4.78 is 0. The minimum atomic E-state index is -0.455. The van der Waals surface area contributed by atoms with Crippen LogP contribution in [0.25, 0.3) is 0 Å². The lowest BCUT2D eigenvalue weighted by Crippen LogP contribution is -2.44. The summed E-state index contributed by atoms with van der Waals surface area (Å²) >= 11 is 0. The molecule has 0 aromatic heterocycles. The fourth-order valence-corrected chi connectivity index (χ4v) is 1.46. The molecule has 1 atom stereocenters. The standard InChI is InChI=1S/C9H17NO2/c1-4-9(2,3)10-6-7(11)5-8(10)12/h7,11H,4-6H2,1-3H3. The van der Waals surface area contributed by atoms with Crippen LogP contribution < -0.4 is 0 Å². The van der Waals surface area contributed by atoms with E-state index in [9.17, 15) is 9.90 Å². The number of nitrogens with zero attached hydrogens (tertiary/aromatic N) is 1. The predicted molar refractivity (Wildman–Crippen MR) is 46.7 cm³/mol. The maximum Gasteiger partial charge on any atom is 0.225 e. The maximum atomic E-state index is 11.4. The molecule has 1 saturated heterocycles. The number of carbonyl (C=O) groups is 1. The second kappa shape index (κ2) is 3.05. The monoisotopic (exact) mass is 171 g/mol. The fraction of sp³-hybridized carbons (Fsp3) is 0.889. The number of carbonyl (C=O) groups excluding carboxylic acids is 1. The van der Waals surface area contributed by atoms with Crippen LogP contribution in [0.15, 0.2) is 0 Å². The van der Waals surface area contributed by atoms with Crippen molar-refractivity contribution in [2.45, 2.75) is 45.3 Å². The summed E-state index contributed by atoms with van der Waals surface area (Å²) in [5.74, 6) is 0.0781. The van der Waals surface area contributed by atoms with Crippen LogP contribution >= 0.6 is 0 Å². The van der Waals surface area contributed by atoms with Crippen LogP contribution in [0.1, 0.15) is 33.6 Å². The van der Waals surface area contributed by atoms with E-state index >= 15 is 0 Å². The number of aliphatic hydroxyl groups is 1. The van der Waals surface area contributed by atoms with E-state index in [1.807, 2.05) is 13.8 Å². The van der Waals surface area contributed by atoms with Gasteiger partial charge in [-0.25, -0.2) is 0 Å². The number of hydrogen-bond acceptors (Lipinski definition) is 2. The summed E-state index contributed by atoms with van der Waals surface area (Å²) in [7, 11) is 0. The molecule has 1 heterocycles. The molecule has 0 aliphatic carbocycles. The van der Waals surface area contributed by atoms with Crippen molar-refractivity contribution >= 4 is 5.91 Å². The Bertz CT molecular complexity index is 189. The number of likely N-dealkylation sites (tertiary alicyclic amines) is 1. The molecule has 3 heteroatoms. The van der Waals surface area contributed by atoms with Gasteiger partial charge in [0.15, 0.2) is 0 Å². The van der Waals surface area contributed by atoms with Crippen molar-refractivity contribution in [3.8, 4) is 0 Å². The van der Waals surface area contributed by atoms with Crippen LogP contribution in [-0.2, 0) is 4.79 Å². The highest BCUT2D eigenvalue weighted by Crippen LogP contribution is 2.24. The van der Waals surface area contributed by atoms with Gasteiger partial charge in [-0.05, 0) is 20.3 Å². The van der Waals surface area contributed by atoms with Crippen molar-refractivity contribution in [1.29, 1.82) is 0 Å². The lowest BCUT2D eigenvalue weighted by atomic mass is 10.00. The van der Waals surface area contributed by atoms with Crippen molar-refractivity contribution in [2.24, 2.45) is 0 Å². The molecule has 1 N–H and O–H groups in total. The van der Waals surface area contributed by atoms with Crippen molar-refractivity contribution in [2.75, 3.05) is 6.54 Å². The van der Waals surface area contributed by atoms with Crippen LogP contribution in [0.5, 0.6) is 0 Å². The van der Waals surface area contributed by atoms with Gasteiger partial charge in [0.2, 0.25) is 5.91 Å². The highest BCUT2D eigenvalue weighted by atomic mass is 16.3. The molecule has 3 nitrogen and oxygen atoms in total. The van der Waals surface area contributed by atoms with E-state index in [1.54, 1.807) is 4.90 Å². The summed E-state index contributed by atoms with van der Waals surface area (Å²) in [6, 6.07) is 0. The third kappa shape index (κ3) is 1.61. The summed E-state index contributed by atoms with van der Waals surface area (Å²) in [5.41, 5.74) is -0.103. The fourth-order valence-electron chi connectivity index (χ4n) is 1.46. The van der Waals surface area contributed by atoms with Crippen LogP contribution in [0.4, 0.5) is 0 Å². The van der Waals surface area contributed by atoms with Gasteiger partial charge >= 0.3 is 0 Å². The first-order valence-corrected chi connectivity index (χ1v) is 4.46.